The van der Waals surface area contributed by atoms with Crippen LogP contribution in [-0.4, -0.2) is 23.6 Å². The van der Waals surface area contributed by atoms with Gasteiger partial charge >= 0.3 is 0 Å². The molecular formula is C18H27ClN2O2. The van der Waals surface area contributed by atoms with Gasteiger partial charge in [0.15, 0.2) is 5.78 Å². The molecule has 1 aliphatic heterocycles. The van der Waals surface area contributed by atoms with Crippen molar-refractivity contribution in [2.75, 3.05) is 5.88 Å². The third-order valence-electron chi connectivity index (χ3n) is 4.42. The van der Waals surface area contributed by atoms with Crippen LogP contribution in [0.15, 0.2) is 36.6 Å². The topological polar surface area (TPSA) is 72.2 Å². The lowest BCUT2D eigenvalue weighted by Gasteiger charge is -2.37. The van der Waals surface area contributed by atoms with E-state index in [9.17, 15) is 9.59 Å². The molecule has 23 heavy (non-hydrogen) atoms. The van der Waals surface area contributed by atoms with E-state index in [1.165, 1.54) is 0 Å². The molecule has 1 amide bonds. The second-order valence-electron chi connectivity index (χ2n) is 5.73. The Balaban J connectivity index is 0.00000127. The number of hydrogen-bond acceptors (Lipinski definition) is 3. The summed E-state index contributed by atoms with van der Waals surface area (Å²) in [6.45, 7) is 8.02. The summed E-state index contributed by atoms with van der Waals surface area (Å²) in [5.74, 6) is -0.353. The molecule has 0 aromatic carbocycles. The smallest absolute Gasteiger partial charge is 0.222 e. The van der Waals surface area contributed by atoms with Crippen molar-refractivity contribution >= 4 is 23.3 Å². The first-order valence-corrected chi connectivity index (χ1v) is 8.70. The minimum atomic E-state index is -0.312. The molecule has 3 atom stereocenters. The van der Waals surface area contributed by atoms with Crippen LogP contribution < -0.4 is 11.1 Å². The van der Waals surface area contributed by atoms with Crippen molar-refractivity contribution < 1.29 is 9.59 Å². The van der Waals surface area contributed by atoms with Crippen molar-refractivity contribution in [3.05, 3.63) is 36.6 Å². The lowest BCUT2D eigenvalue weighted by molar-refractivity contribution is -0.125. The number of carbonyl (C=O) groups is 2. The van der Waals surface area contributed by atoms with E-state index in [0.29, 0.717) is 11.5 Å². The Labute approximate surface area is 143 Å². The zero-order chi connectivity index (χ0) is 17.4. The normalized spacial score (nSPS) is 30.7. The Morgan fingerprint density at radius 2 is 2.00 bits per heavy atom. The summed E-state index contributed by atoms with van der Waals surface area (Å²) in [6, 6.07) is -0.178. The molecule has 0 radical (unpaired) electrons. The fraction of sp³-hybridized carbons (Fsp3) is 0.556. The second-order valence-corrected chi connectivity index (χ2v) is 6.04. The van der Waals surface area contributed by atoms with Crippen LogP contribution in [0.4, 0.5) is 0 Å². The van der Waals surface area contributed by atoms with Gasteiger partial charge in [-0.25, -0.2) is 0 Å². The van der Waals surface area contributed by atoms with E-state index in [0.717, 1.165) is 37.8 Å². The summed E-state index contributed by atoms with van der Waals surface area (Å²) < 4.78 is 0. The van der Waals surface area contributed by atoms with Gasteiger partial charge in [-0.15, -0.1) is 24.8 Å². The zero-order valence-corrected chi connectivity index (χ0v) is 14.6. The molecule has 3 unspecified atom stereocenters. The number of primary amides is 1. The van der Waals surface area contributed by atoms with Gasteiger partial charge in [-0.1, -0.05) is 31.9 Å². The number of piperidine rings is 1. The number of alkyl halides is 1. The van der Waals surface area contributed by atoms with E-state index in [-0.39, 0.29) is 29.6 Å². The molecule has 0 bridgehead atoms. The maximum absolute atomic E-state index is 12.8. The molecule has 3 N–H and O–H groups in total. The van der Waals surface area contributed by atoms with Gasteiger partial charge in [0.05, 0.1) is 5.92 Å². The second kappa shape index (κ2) is 9.56. The van der Waals surface area contributed by atoms with E-state index >= 15 is 0 Å². The summed E-state index contributed by atoms with van der Waals surface area (Å²) in [5, 5.41) is 3.41. The number of nitrogens with two attached hydrogens (primary N) is 1. The Kier molecular flexibility index (Phi) is 8.10. The van der Waals surface area contributed by atoms with Crippen molar-refractivity contribution in [1.29, 1.82) is 0 Å². The minimum Gasteiger partial charge on any atom is -0.380 e. The fourth-order valence-corrected chi connectivity index (χ4v) is 3.59. The number of nitrogens with one attached hydrogen (secondary N) is 1. The van der Waals surface area contributed by atoms with Crippen molar-refractivity contribution in [2.45, 2.75) is 45.1 Å². The van der Waals surface area contributed by atoms with Crippen molar-refractivity contribution in [2.24, 2.45) is 17.6 Å². The quantitative estimate of drug-likeness (QED) is 0.472. The van der Waals surface area contributed by atoms with Gasteiger partial charge < -0.3 is 11.1 Å². The van der Waals surface area contributed by atoms with E-state index in [4.69, 9.17) is 17.3 Å². The third-order valence-corrected chi connectivity index (χ3v) is 4.57. The lowest BCUT2D eigenvalue weighted by Crippen LogP contribution is -2.53. The Morgan fingerprint density at radius 3 is 2.57 bits per heavy atom. The van der Waals surface area contributed by atoms with Crippen LogP contribution in [0.1, 0.15) is 39.0 Å². The Morgan fingerprint density at radius 1 is 1.35 bits per heavy atom. The molecule has 1 heterocycles. The minimum absolute atomic E-state index is 0.104. The van der Waals surface area contributed by atoms with Crippen molar-refractivity contribution in [3.8, 4) is 0 Å². The standard InChI is InChI=1S/C16H23ClN2O2.C2H4/c1-2-5-13-10(8-9-17)15(20)11-6-3-4-7-12(16(18)21)14(11)19-13;1-2/h5,8,11-12,14,19H,2-4,6-7,9H2,1H3,(H2,18,21);1-2H2/b10-8+,13-5+;. The number of fused-ring (bicyclic) bond motifs is 1. The van der Waals surface area contributed by atoms with Crippen LogP contribution in [0.25, 0.3) is 0 Å². The van der Waals surface area contributed by atoms with E-state index in [1.807, 2.05) is 13.0 Å². The highest BCUT2D eigenvalue weighted by Gasteiger charge is 2.43. The maximum Gasteiger partial charge on any atom is 0.222 e. The molecule has 5 heteroatoms. The zero-order valence-electron chi connectivity index (χ0n) is 13.8. The molecule has 2 rings (SSSR count). The molecule has 1 saturated heterocycles. The number of carbonyl (C=O) groups excluding carboxylic acids is 2. The number of ketones is 1. The molecule has 2 fully saturated rings. The van der Waals surface area contributed by atoms with Gasteiger partial charge in [-0.05, 0) is 19.3 Å². The first kappa shape index (κ1) is 19.5. The highest BCUT2D eigenvalue weighted by molar-refractivity contribution is 6.19. The molecule has 0 aromatic heterocycles. The van der Waals surface area contributed by atoms with Crippen LogP contribution in [0.2, 0.25) is 0 Å². The number of rotatable bonds is 3. The summed E-state index contributed by atoms with van der Waals surface area (Å²) in [7, 11) is 0. The highest BCUT2D eigenvalue weighted by Crippen LogP contribution is 2.36. The average Bonchev–Trinajstić information content (AvgIpc) is 2.76. The average molecular weight is 339 g/mol. The summed E-state index contributed by atoms with van der Waals surface area (Å²) >= 11 is 5.79. The molecule has 0 spiro atoms. The predicted octanol–water partition coefficient (Wildman–Crippen LogP) is 3.08. The molecule has 4 nitrogen and oxygen atoms in total. The molecule has 1 saturated carbocycles. The summed E-state index contributed by atoms with van der Waals surface area (Å²) in [6.07, 6.45) is 8.02. The number of allylic oxidation sites excluding steroid dienone is 3. The fourth-order valence-electron chi connectivity index (χ4n) is 3.43. The van der Waals surface area contributed by atoms with Crippen LogP contribution in [0, 0.1) is 11.8 Å². The van der Waals surface area contributed by atoms with Gasteiger partial charge in [0, 0.05) is 29.1 Å². The van der Waals surface area contributed by atoms with Gasteiger partial charge in [0.1, 0.15) is 0 Å². The number of Topliss-reactive ketones (excluding diaryl/α,β-unsaturated/α-hetero) is 1. The first-order chi connectivity index (χ1) is 11.1. The van der Waals surface area contributed by atoms with E-state index < -0.39 is 0 Å². The van der Waals surface area contributed by atoms with Gasteiger partial charge in [-0.3, -0.25) is 9.59 Å². The summed E-state index contributed by atoms with van der Waals surface area (Å²) in [5.41, 5.74) is 7.02. The molecule has 128 valence electrons. The van der Waals surface area contributed by atoms with Gasteiger partial charge in [0.25, 0.3) is 0 Å². The van der Waals surface area contributed by atoms with Gasteiger partial charge in [0.2, 0.25) is 5.91 Å². The number of hydrogen-bond donors (Lipinski definition) is 2. The monoisotopic (exact) mass is 338 g/mol. The molecular weight excluding hydrogens is 312 g/mol. The van der Waals surface area contributed by atoms with Crippen molar-refractivity contribution in [3.63, 3.8) is 0 Å². The predicted molar refractivity (Wildman–Crippen MR) is 95.0 cm³/mol. The Bertz CT molecular complexity index is 499. The number of amides is 1. The van der Waals surface area contributed by atoms with Gasteiger partial charge in [-0.2, -0.15) is 0 Å². The van der Waals surface area contributed by atoms with Crippen LogP contribution in [0.5, 0.6) is 0 Å². The Hall–Kier alpha value is -1.55. The largest absolute Gasteiger partial charge is 0.380 e. The van der Waals surface area contributed by atoms with E-state index in [1.54, 1.807) is 6.08 Å². The maximum atomic E-state index is 12.8. The van der Waals surface area contributed by atoms with Crippen molar-refractivity contribution in [1.82, 2.24) is 5.32 Å². The lowest BCUT2D eigenvalue weighted by atomic mass is 9.77. The highest BCUT2D eigenvalue weighted by atomic mass is 35.5. The SMILES string of the molecule is C=C.CC/C=C1/NC2C(C(N)=O)CCCCC2C(=O)/C1=C/CCl. The number of halogens is 1. The summed E-state index contributed by atoms with van der Waals surface area (Å²) in [4.78, 5) is 24.6. The molecule has 2 aliphatic rings. The first-order valence-electron chi connectivity index (χ1n) is 8.16. The molecule has 1 aliphatic carbocycles. The molecule has 0 aromatic rings. The van der Waals surface area contributed by atoms with Crippen LogP contribution in [-0.2, 0) is 9.59 Å². The third kappa shape index (κ3) is 4.47. The van der Waals surface area contributed by atoms with Crippen LogP contribution >= 0.6 is 11.6 Å². The van der Waals surface area contributed by atoms with E-state index in [2.05, 4.69) is 18.5 Å². The van der Waals surface area contributed by atoms with Crippen LogP contribution in [0.3, 0.4) is 0 Å².